The molecule has 2 unspecified atom stereocenters. The summed E-state index contributed by atoms with van der Waals surface area (Å²) < 4.78 is 0. The molecule has 0 saturated carbocycles. The van der Waals surface area contributed by atoms with E-state index in [1.54, 1.807) is 5.56 Å². The van der Waals surface area contributed by atoms with Gasteiger partial charge in [0.05, 0.1) is 6.26 Å². The Labute approximate surface area is 98.5 Å². The fourth-order valence-electron chi connectivity index (χ4n) is 2.13. The van der Waals surface area contributed by atoms with Crippen molar-refractivity contribution in [3.05, 3.63) is 35.9 Å². The summed E-state index contributed by atoms with van der Waals surface area (Å²) in [6.45, 7) is 9.79. The molecule has 0 heterocycles. The van der Waals surface area contributed by atoms with Crippen LogP contribution in [0.5, 0.6) is 0 Å². The van der Waals surface area contributed by atoms with E-state index in [2.05, 4.69) is 63.2 Å². The molecule has 2 heteroatoms. The van der Waals surface area contributed by atoms with E-state index in [0.29, 0.717) is 10.9 Å². The molecule has 0 amide bonds. The average Bonchev–Trinajstić information content (AvgIpc) is 2.17. The molecule has 0 N–H and O–H groups in total. The van der Waals surface area contributed by atoms with Gasteiger partial charge < -0.3 is 0 Å². The highest BCUT2D eigenvalue weighted by Gasteiger charge is 2.38. The minimum atomic E-state index is -1.10. The Morgan fingerprint density at radius 3 is 2.07 bits per heavy atom. The Kier molecular flexibility index (Phi) is 4.47. The van der Waals surface area contributed by atoms with Gasteiger partial charge in [0.1, 0.15) is 18.7 Å². The van der Waals surface area contributed by atoms with E-state index in [9.17, 15) is 0 Å². The zero-order valence-electron chi connectivity index (χ0n) is 10.6. The van der Waals surface area contributed by atoms with E-state index in [-0.39, 0.29) is 0 Å². The predicted octanol–water partition coefficient (Wildman–Crippen LogP) is 3.87. The number of hydrogen-bond acceptors (Lipinski definition) is 0. The molecule has 2 atom stereocenters. The summed E-state index contributed by atoms with van der Waals surface area (Å²) in [6.07, 6.45) is 2.43. The van der Waals surface area contributed by atoms with Crippen LogP contribution in [0.25, 0.3) is 0 Å². The highest BCUT2D eigenvalue weighted by Crippen LogP contribution is 2.32. The molecule has 0 bridgehead atoms. The van der Waals surface area contributed by atoms with Crippen molar-refractivity contribution in [2.75, 3.05) is 12.0 Å². The SMILES string of the molecule is CC[S+](C)C(c1ccccc1)[Si](C)(C)C. The maximum Gasteiger partial charge on any atom is 0.127 e. The molecule has 1 rings (SSSR count). The predicted molar refractivity (Wildman–Crippen MR) is 76.4 cm³/mol. The Balaban J connectivity index is 3.02. The number of benzene rings is 1. The largest absolute Gasteiger partial charge is 0.127 e. The van der Waals surface area contributed by atoms with E-state index < -0.39 is 8.07 Å². The van der Waals surface area contributed by atoms with Crippen molar-refractivity contribution in [1.29, 1.82) is 0 Å². The van der Waals surface area contributed by atoms with Gasteiger partial charge in [0.2, 0.25) is 0 Å². The molecule has 0 radical (unpaired) electrons. The Morgan fingerprint density at radius 2 is 1.67 bits per heavy atom. The minimum absolute atomic E-state index is 0.527. The number of hydrogen-bond donors (Lipinski definition) is 0. The van der Waals surface area contributed by atoms with Gasteiger partial charge in [0.25, 0.3) is 0 Å². The van der Waals surface area contributed by atoms with E-state index in [4.69, 9.17) is 0 Å². The molecule has 0 aromatic heterocycles. The smallest absolute Gasteiger partial charge is 0.0647 e. The van der Waals surface area contributed by atoms with Gasteiger partial charge in [0.15, 0.2) is 0 Å². The fraction of sp³-hybridized carbons (Fsp3) is 0.538. The van der Waals surface area contributed by atoms with Gasteiger partial charge in [-0.05, 0) is 23.4 Å². The van der Waals surface area contributed by atoms with Crippen LogP contribution in [0.1, 0.15) is 17.4 Å². The lowest BCUT2D eigenvalue weighted by atomic mass is 10.2. The maximum atomic E-state index is 2.49. The second-order valence-corrected chi connectivity index (χ2v) is 13.3. The zero-order valence-corrected chi connectivity index (χ0v) is 12.4. The summed E-state index contributed by atoms with van der Waals surface area (Å²) >= 11 is 0. The van der Waals surface area contributed by atoms with Crippen LogP contribution in [0.3, 0.4) is 0 Å². The van der Waals surface area contributed by atoms with Crippen LogP contribution in [0.4, 0.5) is 0 Å². The van der Waals surface area contributed by atoms with Crippen molar-refractivity contribution in [3.8, 4) is 0 Å². The first kappa shape index (κ1) is 12.9. The quantitative estimate of drug-likeness (QED) is 0.553. The highest BCUT2D eigenvalue weighted by molar-refractivity contribution is 7.98. The molecule has 1 aromatic carbocycles. The van der Waals surface area contributed by atoms with E-state index >= 15 is 0 Å². The van der Waals surface area contributed by atoms with Crippen LogP contribution in [-0.4, -0.2) is 20.1 Å². The van der Waals surface area contributed by atoms with Gasteiger partial charge in [0, 0.05) is 0 Å². The van der Waals surface area contributed by atoms with Crippen LogP contribution < -0.4 is 0 Å². The van der Waals surface area contributed by atoms with Crippen LogP contribution in [0, 0.1) is 0 Å². The standard InChI is InChI=1S/C13H23SSi/c1-6-14(2)13(15(3,4)5)12-10-8-7-9-11-12/h7-11,13H,6H2,1-5H3/q+1. The summed E-state index contributed by atoms with van der Waals surface area (Å²) in [5.74, 6) is 1.31. The van der Waals surface area contributed by atoms with Crippen molar-refractivity contribution in [2.45, 2.75) is 31.4 Å². The topological polar surface area (TPSA) is 0 Å². The van der Waals surface area contributed by atoms with E-state index in [1.807, 2.05) is 0 Å². The first-order valence-corrected chi connectivity index (χ1v) is 11.1. The molecule has 0 nitrogen and oxygen atoms in total. The summed E-state index contributed by atoms with van der Waals surface area (Å²) in [6, 6.07) is 11.1. The van der Waals surface area contributed by atoms with Crippen molar-refractivity contribution < 1.29 is 0 Å². The van der Waals surface area contributed by atoms with Gasteiger partial charge in [-0.1, -0.05) is 50.0 Å². The van der Waals surface area contributed by atoms with Crippen LogP contribution >= 0.6 is 0 Å². The zero-order chi connectivity index (χ0) is 11.5. The van der Waals surface area contributed by atoms with Crippen LogP contribution in [0.15, 0.2) is 30.3 Å². The molecule has 0 spiro atoms. The van der Waals surface area contributed by atoms with Crippen molar-refractivity contribution in [2.24, 2.45) is 0 Å². The lowest BCUT2D eigenvalue weighted by Gasteiger charge is -2.27. The van der Waals surface area contributed by atoms with Crippen molar-refractivity contribution >= 4 is 19.0 Å². The maximum absolute atomic E-state index is 2.49. The normalized spacial score (nSPS) is 16.1. The van der Waals surface area contributed by atoms with Gasteiger partial charge in [-0.15, -0.1) is 0 Å². The molecule has 1 aromatic rings. The van der Waals surface area contributed by atoms with Gasteiger partial charge in [-0.25, -0.2) is 0 Å². The third-order valence-corrected chi connectivity index (χ3v) is 9.97. The summed E-state index contributed by atoms with van der Waals surface area (Å²) in [5.41, 5.74) is 1.56. The molecular formula is C13H23SSi+. The first-order valence-electron chi connectivity index (χ1n) is 5.63. The summed E-state index contributed by atoms with van der Waals surface area (Å²) in [7, 11) is -0.573. The molecule has 0 fully saturated rings. The second kappa shape index (κ2) is 5.22. The highest BCUT2D eigenvalue weighted by atomic mass is 32.2. The van der Waals surface area contributed by atoms with Crippen LogP contribution in [-0.2, 0) is 10.9 Å². The van der Waals surface area contributed by atoms with E-state index in [0.717, 1.165) is 4.87 Å². The Morgan fingerprint density at radius 1 is 1.13 bits per heavy atom. The second-order valence-electron chi connectivity index (χ2n) is 5.14. The minimum Gasteiger partial charge on any atom is -0.0647 e. The number of rotatable bonds is 4. The fourth-order valence-corrected chi connectivity index (χ4v) is 9.61. The van der Waals surface area contributed by atoms with Crippen LogP contribution in [0.2, 0.25) is 19.6 Å². The van der Waals surface area contributed by atoms with Gasteiger partial charge in [-0.2, -0.15) is 0 Å². The molecule has 0 aliphatic heterocycles. The molecular weight excluding hydrogens is 216 g/mol. The molecule has 0 aliphatic rings. The monoisotopic (exact) mass is 239 g/mol. The lowest BCUT2D eigenvalue weighted by Crippen LogP contribution is -2.37. The first-order chi connectivity index (χ1) is 6.96. The summed E-state index contributed by atoms with van der Waals surface area (Å²) in [5, 5.41) is 0. The molecule has 0 aliphatic carbocycles. The molecule has 15 heavy (non-hydrogen) atoms. The average molecular weight is 239 g/mol. The van der Waals surface area contributed by atoms with Gasteiger partial charge in [-0.3, -0.25) is 0 Å². The third kappa shape index (κ3) is 3.39. The van der Waals surface area contributed by atoms with E-state index in [1.165, 1.54) is 5.75 Å². The van der Waals surface area contributed by atoms with Crippen molar-refractivity contribution in [3.63, 3.8) is 0 Å². The Hall–Kier alpha value is -0.213. The molecule has 0 saturated heterocycles. The lowest BCUT2D eigenvalue weighted by molar-refractivity contribution is 1.24. The molecule has 84 valence electrons. The van der Waals surface area contributed by atoms with Gasteiger partial charge >= 0.3 is 0 Å². The van der Waals surface area contributed by atoms with Crippen molar-refractivity contribution in [1.82, 2.24) is 0 Å². The third-order valence-electron chi connectivity index (χ3n) is 2.75. The Bertz CT molecular complexity index is 289. The summed E-state index contributed by atoms with van der Waals surface area (Å²) in [4.78, 5) is 0.823.